The summed E-state index contributed by atoms with van der Waals surface area (Å²) in [7, 11) is 1.28. The quantitative estimate of drug-likeness (QED) is 0.692. The van der Waals surface area contributed by atoms with Gasteiger partial charge in [0.25, 0.3) is 5.91 Å². The van der Waals surface area contributed by atoms with Crippen LogP contribution in [0.25, 0.3) is 0 Å². The van der Waals surface area contributed by atoms with Gasteiger partial charge in [-0.2, -0.15) is 11.8 Å². The Hall–Kier alpha value is -1.54. The van der Waals surface area contributed by atoms with Crippen molar-refractivity contribution in [2.75, 3.05) is 25.7 Å². The van der Waals surface area contributed by atoms with Crippen LogP contribution in [0.15, 0.2) is 17.5 Å². The molecule has 1 aromatic heterocycles. The van der Waals surface area contributed by atoms with E-state index in [0.29, 0.717) is 11.3 Å². The highest BCUT2D eigenvalue weighted by Gasteiger charge is 2.21. The minimum atomic E-state index is -0.686. The van der Waals surface area contributed by atoms with Gasteiger partial charge >= 0.3 is 5.97 Å². The van der Waals surface area contributed by atoms with Crippen LogP contribution < -0.4 is 10.6 Å². The van der Waals surface area contributed by atoms with E-state index >= 15 is 0 Å². The van der Waals surface area contributed by atoms with Crippen LogP contribution in [0.1, 0.15) is 16.1 Å². The number of rotatable bonds is 8. The summed E-state index contributed by atoms with van der Waals surface area (Å²) >= 11 is 2.87. The van der Waals surface area contributed by atoms with Crippen molar-refractivity contribution < 1.29 is 19.1 Å². The Morgan fingerprint density at radius 1 is 1.43 bits per heavy atom. The number of nitrogens with one attached hydrogen (secondary N) is 2. The summed E-state index contributed by atoms with van der Waals surface area (Å²) in [4.78, 5) is 35.5. The molecule has 116 valence electrons. The van der Waals surface area contributed by atoms with Gasteiger partial charge in [0, 0.05) is 0 Å². The Labute approximate surface area is 131 Å². The summed E-state index contributed by atoms with van der Waals surface area (Å²) in [5.41, 5.74) is 0. The summed E-state index contributed by atoms with van der Waals surface area (Å²) in [6.07, 6.45) is 2.40. The third kappa shape index (κ3) is 6.17. The normalized spacial score (nSPS) is 11.5. The summed E-state index contributed by atoms with van der Waals surface area (Å²) < 4.78 is 4.65. The van der Waals surface area contributed by atoms with Gasteiger partial charge in [-0.1, -0.05) is 6.07 Å². The fraction of sp³-hybridized carbons (Fsp3) is 0.462. The third-order valence-corrected chi connectivity index (χ3v) is 4.10. The minimum Gasteiger partial charge on any atom is -0.467 e. The second kappa shape index (κ2) is 9.41. The predicted molar refractivity (Wildman–Crippen MR) is 83.6 cm³/mol. The average Bonchev–Trinajstić information content (AvgIpc) is 3.02. The smallest absolute Gasteiger partial charge is 0.328 e. The van der Waals surface area contributed by atoms with Gasteiger partial charge in [0.1, 0.15) is 6.04 Å². The van der Waals surface area contributed by atoms with Crippen molar-refractivity contribution in [2.24, 2.45) is 0 Å². The van der Waals surface area contributed by atoms with Gasteiger partial charge in [-0.15, -0.1) is 11.3 Å². The lowest BCUT2D eigenvalue weighted by Gasteiger charge is -2.16. The Balaban J connectivity index is 2.42. The van der Waals surface area contributed by atoms with Crippen LogP contribution in [-0.2, 0) is 14.3 Å². The maximum absolute atomic E-state index is 11.8. The number of esters is 1. The fourth-order valence-electron chi connectivity index (χ4n) is 1.53. The van der Waals surface area contributed by atoms with Crippen molar-refractivity contribution in [2.45, 2.75) is 12.5 Å². The molecule has 0 aromatic carbocycles. The zero-order chi connectivity index (χ0) is 15.7. The lowest BCUT2D eigenvalue weighted by Crippen LogP contribution is -2.46. The number of methoxy groups -OCH3 is 1. The first-order chi connectivity index (χ1) is 10.1. The molecule has 6 nitrogen and oxygen atoms in total. The molecule has 1 aromatic rings. The van der Waals surface area contributed by atoms with Gasteiger partial charge in [0.05, 0.1) is 18.5 Å². The Morgan fingerprint density at radius 3 is 2.76 bits per heavy atom. The van der Waals surface area contributed by atoms with Gasteiger partial charge in [-0.25, -0.2) is 4.79 Å². The fourth-order valence-corrected chi connectivity index (χ4v) is 2.64. The molecule has 0 aliphatic heterocycles. The molecule has 0 fully saturated rings. The number of carbonyl (C=O) groups excluding carboxylic acids is 3. The van der Waals surface area contributed by atoms with Crippen molar-refractivity contribution >= 4 is 40.9 Å². The van der Waals surface area contributed by atoms with E-state index < -0.39 is 17.9 Å². The van der Waals surface area contributed by atoms with E-state index in [1.807, 2.05) is 6.26 Å². The maximum atomic E-state index is 11.8. The Morgan fingerprint density at radius 2 is 2.19 bits per heavy atom. The van der Waals surface area contributed by atoms with Crippen molar-refractivity contribution in [3.8, 4) is 0 Å². The number of thiophene rings is 1. The van der Waals surface area contributed by atoms with Crippen molar-refractivity contribution in [1.29, 1.82) is 0 Å². The number of hydrogen-bond acceptors (Lipinski definition) is 6. The van der Waals surface area contributed by atoms with Crippen LogP contribution in [0.4, 0.5) is 0 Å². The van der Waals surface area contributed by atoms with E-state index in [9.17, 15) is 14.4 Å². The van der Waals surface area contributed by atoms with E-state index in [0.717, 1.165) is 5.75 Å². The molecule has 0 aliphatic carbocycles. The highest BCUT2D eigenvalue weighted by molar-refractivity contribution is 7.98. The van der Waals surface area contributed by atoms with Gasteiger partial charge in [-0.3, -0.25) is 9.59 Å². The molecule has 0 unspecified atom stereocenters. The minimum absolute atomic E-state index is 0.177. The van der Waals surface area contributed by atoms with Crippen LogP contribution in [0, 0.1) is 0 Å². The van der Waals surface area contributed by atoms with E-state index in [4.69, 9.17) is 0 Å². The first-order valence-electron chi connectivity index (χ1n) is 6.26. The number of amides is 2. The van der Waals surface area contributed by atoms with E-state index in [2.05, 4.69) is 15.4 Å². The van der Waals surface area contributed by atoms with Gasteiger partial charge in [0.2, 0.25) is 5.91 Å². The monoisotopic (exact) mass is 330 g/mol. The van der Waals surface area contributed by atoms with Gasteiger partial charge in [0.15, 0.2) is 0 Å². The van der Waals surface area contributed by atoms with Crippen LogP contribution in [0.2, 0.25) is 0 Å². The lowest BCUT2D eigenvalue weighted by molar-refractivity contribution is -0.145. The highest BCUT2D eigenvalue weighted by atomic mass is 32.2. The third-order valence-electron chi connectivity index (χ3n) is 2.59. The van der Waals surface area contributed by atoms with E-state index in [1.165, 1.54) is 18.4 Å². The first kappa shape index (κ1) is 17.5. The van der Waals surface area contributed by atoms with Gasteiger partial charge < -0.3 is 15.4 Å². The molecular weight excluding hydrogens is 312 g/mol. The van der Waals surface area contributed by atoms with Crippen LogP contribution >= 0.6 is 23.1 Å². The van der Waals surface area contributed by atoms with Crippen LogP contribution in [0.3, 0.4) is 0 Å². The summed E-state index contributed by atoms with van der Waals surface area (Å²) in [5, 5.41) is 6.85. The van der Waals surface area contributed by atoms with Gasteiger partial charge in [-0.05, 0) is 29.9 Å². The zero-order valence-corrected chi connectivity index (χ0v) is 13.5. The molecule has 8 heteroatoms. The number of ether oxygens (including phenoxy) is 1. The molecule has 0 saturated heterocycles. The molecule has 2 amide bonds. The molecule has 1 heterocycles. The van der Waals surface area contributed by atoms with Crippen molar-refractivity contribution in [3.63, 3.8) is 0 Å². The highest BCUT2D eigenvalue weighted by Crippen LogP contribution is 2.07. The molecule has 0 radical (unpaired) electrons. The molecule has 0 spiro atoms. The molecule has 1 atom stereocenters. The van der Waals surface area contributed by atoms with Crippen molar-refractivity contribution in [1.82, 2.24) is 10.6 Å². The maximum Gasteiger partial charge on any atom is 0.328 e. The lowest BCUT2D eigenvalue weighted by atomic mass is 10.2. The SMILES string of the molecule is COC(=O)[C@H](CCSC)NC(=O)CNC(=O)c1cccs1. The molecule has 2 N–H and O–H groups in total. The summed E-state index contributed by atoms with van der Waals surface area (Å²) in [6, 6.07) is 2.75. The Bertz CT molecular complexity index is 477. The second-order valence-electron chi connectivity index (χ2n) is 4.08. The largest absolute Gasteiger partial charge is 0.467 e. The van der Waals surface area contributed by atoms with Crippen LogP contribution in [0.5, 0.6) is 0 Å². The van der Waals surface area contributed by atoms with E-state index in [-0.39, 0.29) is 12.5 Å². The van der Waals surface area contributed by atoms with Crippen molar-refractivity contribution in [3.05, 3.63) is 22.4 Å². The number of carbonyl (C=O) groups is 3. The predicted octanol–water partition coefficient (Wildman–Crippen LogP) is 0.889. The summed E-state index contributed by atoms with van der Waals surface area (Å²) in [5.74, 6) is -0.487. The zero-order valence-electron chi connectivity index (χ0n) is 11.9. The van der Waals surface area contributed by atoms with Crippen LogP contribution in [-0.4, -0.2) is 49.5 Å². The average molecular weight is 330 g/mol. The summed E-state index contributed by atoms with van der Waals surface area (Å²) in [6.45, 7) is -0.177. The first-order valence-corrected chi connectivity index (χ1v) is 8.53. The molecule has 0 bridgehead atoms. The number of thioether (sulfide) groups is 1. The topological polar surface area (TPSA) is 84.5 Å². The molecule has 21 heavy (non-hydrogen) atoms. The molecule has 0 aliphatic rings. The number of hydrogen-bond donors (Lipinski definition) is 2. The second-order valence-corrected chi connectivity index (χ2v) is 6.02. The molecular formula is C13H18N2O4S2. The molecule has 1 rings (SSSR count). The van der Waals surface area contributed by atoms with E-state index in [1.54, 1.807) is 29.3 Å². The standard InChI is InChI=1S/C13H18N2O4S2/c1-19-13(18)9(5-7-20-2)15-11(16)8-14-12(17)10-4-3-6-21-10/h3-4,6,9H,5,7-8H2,1-2H3,(H,14,17)(H,15,16)/t9-/m0/s1. The Kier molecular flexibility index (Phi) is 7.84. The molecule has 0 saturated carbocycles.